The first-order valence-corrected chi connectivity index (χ1v) is 10.9. The van der Waals surface area contributed by atoms with Crippen molar-refractivity contribution in [1.29, 1.82) is 0 Å². The Labute approximate surface area is 198 Å². The molecular formula is C27H18ClF3N2O. The third kappa shape index (κ3) is 4.63. The molecule has 0 aliphatic carbocycles. The standard InChI is InChI=1S/C27H18ClF3N2O/c28-24-4-2-1-3-23(24)19-8-11-25-20(15-19)13-14-33(25)16-22-17-34-26(32-22)12-7-18-5-9-21(10-6-18)27(29,30)31/h1-15,17H,16H2. The largest absolute Gasteiger partial charge is 0.445 e. The maximum atomic E-state index is 12.7. The van der Waals surface area contributed by atoms with Gasteiger partial charge in [0.25, 0.3) is 0 Å². The molecular weight excluding hydrogens is 461 g/mol. The molecule has 170 valence electrons. The first kappa shape index (κ1) is 22.0. The topological polar surface area (TPSA) is 31.0 Å². The van der Waals surface area contributed by atoms with Crippen molar-refractivity contribution in [2.24, 2.45) is 0 Å². The van der Waals surface area contributed by atoms with Gasteiger partial charge in [-0.05, 0) is 53.6 Å². The molecule has 0 aliphatic rings. The second-order valence-corrected chi connectivity index (χ2v) is 8.23. The number of fused-ring (bicyclic) bond motifs is 1. The average molecular weight is 479 g/mol. The molecule has 0 bridgehead atoms. The monoisotopic (exact) mass is 478 g/mol. The van der Waals surface area contributed by atoms with Gasteiger partial charge in [0, 0.05) is 33.8 Å². The summed E-state index contributed by atoms with van der Waals surface area (Å²) in [6, 6.07) is 20.9. The van der Waals surface area contributed by atoms with Gasteiger partial charge in [-0.25, -0.2) is 4.98 Å². The predicted molar refractivity (Wildman–Crippen MR) is 128 cm³/mol. The third-order valence-electron chi connectivity index (χ3n) is 5.51. The molecule has 7 heteroatoms. The van der Waals surface area contributed by atoms with Crippen molar-refractivity contribution in [1.82, 2.24) is 9.55 Å². The van der Waals surface area contributed by atoms with Crippen LogP contribution in [0.25, 0.3) is 34.2 Å². The quantitative estimate of drug-likeness (QED) is 0.255. The smallest absolute Gasteiger partial charge is 0.416 e. The van der Waals surface area contributed by atoms with Gasteiger partial charge in [-0.1, -0.05) is 48.0 Å². The van der Waals surface area contributed by atoms with Crippen LogP contribution in [0.1, 0.15) is 22.7 Å². The van der Waals surface area contributed by atoms with Gasteiger partial charge in [0.15, 0.2) is 0 Å². The summed E-state index contributed by atoms with van der Waals surface area (Å²) in [5, 5.41) is 1.80. The summed E-state index contributed by atoms with van der Waals surface area (Å²) in [6.45, 7) is 0.520. The van der Waals surface area contributed by atoms with Crippen LogP contribution in [-0.2, 0) is 12.7 Å². The third-order valence-corrected chi connectivity index (χ3v) is 5.84. The molecule has 0 saturated heterocycles. The Bertz CT molecular complexity index is 1480. The van der Waals surface area contributed by atoms with Crippen LogP contribution < -0.4 is 0 Å². The number of benzene rings is 3. The van der Waals surface area contributed by atoms with E-state index in [1.165, 1.54) is 12.1 Å². The lowest BCUT2D eigenvalue weighted by Crippen LogP contribution is -2.03. The summed E-state index contributed by atoms with van der Waals surface area (Å²) >= 11 is 6.34. The predicted octanol–water partition coefficient (Wildman–Crippen LogP) is 8.19. The molecule has 34 heavy (non-hydrogen) atoms. The molecule has 3 aromatic carbocycles. The Morgan fingerprint density at radius 2 is 1.74 bits per heavy atom. The van der Waals surface area contributed by atoms with Crippen molar-refractivity contribution in [2.75, 3.05) is 0 Å². The highest BCUT2D eigenvalue weighted by atomic mass is 35.5. The zero-order valence-corrected chi connectivity index (χ0v) is 18.5. The number of rotatable bonds is 5. The Morgan fingerprint density at radius 1 is 0.941 bits per heavy atom. The summed E-state index contributed by atoms with van der Waals surface area (Å²) in [6.07, 6.45) is 2.52. The van der Waals surface area contributed by atoms with E-state index < -0.39 is 11.7 Å². The fourth-order valence-electron chi connectivity index (χ4n) is 3.80. The number of oxazole rings is 1. The van der Waals surface area contributed by atoms with Crippen LogP contribution in [0.4, 0.5) is 13.2 Å². The molecule has 0 unspecified atom stereocenters. The van der Waals surface area contributed by atoms with E-state index in [1.54, 1.807) is 18.4 Å². The van der Waals surface area contributed by atoms with Crippen molar-refractivity contribution >= 4 is 34.7 Å². The number of nitrogens with zero attached hydrogens (tertiary/aromatic N) is 2. The lowest BCUT2D eigenvalue weighted by molar-refractivity contribution is -0.137. The van der Waals surface area contributed by atoms with Gasteiger partial charge in [0.1, 0.15) is 6.26 Å². The fraction of sp³-hybridized carbons (Fsp3) is 0.0741. The number of aromatic nitrogens is 2. The van der Waals surface area contributed by atoms with Gasteiger partial charge in [-0.2, -0.15) is 13.2 Å². The molecule has 0 radical (unpaired) electrons. The van der Waals surface area contributed by atoms with Gasteiger partial charge in [-0.3, -0.25) is 0 Å². The molecule has 5 rings (SSSR count). The Balaban J connectivity index is 1.31. The summed E-state index contributed by atoms with van der Waals surface area (Å²) in [5.41, 5.74) is 3.77. The Kier molecular flexibility index (Phi) is 5.75. The van der Waals surface area contributed by atoms with Crippen LogP contribution in [0, 0.1) is 0 Å². The molecule has 2 aromatic heterocycles. The molecule has 0 fully saturated rings. The molecule has 0 amide bonds. The number of halogens is 4. The molecule has 0 spiro atoms. The summed E-state index contributed by atoms with van der Waals surface area (Å²) in [4.78, 5) is 4.47. The van der Waals surface area contributed by atoms with Crippen molar-refractivity contribution < 1.29 is 17.6 Å². The van der Waals surface area contributed by atoms with E-state index in [0.717, 1.165) is 39.9 Å². The number of hydrogen-bond acceptors (Lipinski definition) is 2. The first-order valence-electron chi connectivity index (χ1n) is 10.5. The molecule has 3 nitrogen and oxygen atoms in total. The highest BCUT2D eigenvalue weighted by molar-refractivity contribution is 6.33. The summed E-state index contributed by atoms with van der Waals surface area (Å²) in [5.74, 6) is 0.382. The molecule has 2 heterocycles. The minimum Gasteiger partial charge on any atom is -0.445 e. The average Bonchev–Trinajstić information content (AvgIpc) is 3.44. The molecule has 0 atom stereocenters. The Morgan fingerprint density at radius 3 is 2.50 bits per heavy atom. The minimum absolute atomic E-state index is 0.382. The van der Waals surface area contributed by atoms with Crippen LogP contribution in [0.3, 0.4) is 0 Å². The van der Waals surface area contributed by atoms with Crippen molar-refractivity contribution in [2.45, 2.75) is 12.7 Å². The highest BCUT2D eigenvalue weighted by Crippen LogP contribution is 2.31. The van der Waals surface area contributed by atoms with Gasteiger partial charge < -0.3 is 8.98 Å². The molecule has 0 N–H and O–H groups in total. The maximum absolute atomic E-state index is 12.7. The van der Waals surface area contributed by atoms with E-state index in [4.69, 9.17) is 16.0 Å². The van der Waals surface area contributed by atoms with Gasteiger partial charge in [-0.15, -0.1) is 0 Å². The second-order valence-electron chi connectivity index (χ2n) is 7.83. The zero-order valence-electron chi connectivity index (χ0n) is 17.8. The van der Waals surface area contributed by atoms with Crippen LogP contribution >= 0.6 is 11.6 Å². The maximum Gasteiger partial charge on any atom is 0.416 e. The molecule has 0 saturated carbocycles. The van der Waals surface area contributed by atoms with Crippen molar-refractivity contribution in [3.8, 4) is 11.1 Å². The zero-order chi connectivity index (χ0) is 23.7. The van der Waals surface area contributed by atoms with Crippen molar-refractivity contribution in [3.05, 3.63) is 113 Å². The van der Waals surface area contributed by atoms with Crippen LogP contribution in [0.15, 0.2) is 89.7 Å². The number of hydrogen-bond donors (Lipinski definition) is 0. The molecule has 0 aliphatic heterocycles. The highest BCUT2D eigenvalue weighted by Gasteiger charge is 2.29. The van der Waals surface area contributed by atoms with E-state index in [2.05, 4.69) is 21.7 Å². The first-order chi connectivity index (χ1) is 16.4. The summed E-state index contributed by atoms with van der Waals surface area (Å²) < 4.78 is 45.7. The van der Waals surface area contributed by atoms with Gasteiger partial charge in [0.2, 0.25) is 5.89 Å². The van der Waals surface area contributed by atoms with Crippen LogP contribution in [-0.4, -0.2) is 9.55 Å². The minimum atomic E-state index is -4.35. The SMILES string of the molecule is FC(F)(F)c1ccc(C=Cc2nc(Cn3ccc4cc(-c5ccccc5Cl)ccc43)co2)cc1. The Hall–Kier alpha value is -3.77. The number of alkyl halides is 3. The lowest BCUT2D eigenvalue weighted by Gasteiger charge is -2.06. The normalized spacial score (nSPS) is 12.1. The van der Waals surface area contributed by atoms with Crippen LogP contribution in [0.5, 0.6) is 0 Å². The van der Waals surface area contributed by atoms with E-state index >= 15 is 0 Å². The van der Waals surface area contributed by atoms with E-state index in [-0.39, 0.29) is 0 Å². The van der Waals surface area contributed by atoms with Gasteiger partial charge in [0.05, 0.1) is 17.8 Å². The summed E-state index contributed by atoms with van der Waals surface area (Å²) in [7, 11) is 0. The molecule has 5 aromatic rings. The lowest BCUT2D eigenvalue weighted by atomic mass is 10.0. The van der Waals surface area contributed by atoms with Gasteiger partial charge >= 0.3 is 6.18 Å². The fourth-order valence-corrected chi connectivity index (χ4v) is 4.04. The van der Waals surface area contributed by atoms with Crippen molar-refractivity contribution in [3.63, 3.8) is 0 Å². The van der Waals surface area contributed by atoms with E-state index in [9.17, 15) is 13.2 Å². The van der Waals surface area contributed by atoms with Crippen LogP contribution in [0.2, 0.25) is 5.02 Å². The second kappa shape index (κ2) is 8.88. The van der Waals surface area contributed by atoms with E-state index in [0.29, 0.717) is 23.0 Å². The van der Waals surface area contributed by atoms with E-state index in [1.807, 2.05) is 42.6 Å².